The van der Waals surface area contributed by atoms with Gasteiger partial charge in [-0.25, -0.2) is 0 Å². The molecule has 0 aliphatic carbocycles. The summed E-state index contributed by atoms with van der Waals surface area (Å²) in [5.41, 5.74) is 0.586. The van der Waals surface area contributed by atoms with Crippen molar-refractivity contribution in [3.63, 3.8) is 0 Å². The van der Waals surface area contributed by atoms with Gasteiger partial charge in [-0.2, -0.15) is 10.2 Å². The van der Waals surface area contributed by atoms with Gasteiger partial charge in [0.25, 0.3) is 0 Å². The molecule has 1 heterocycles. The minimum atomic E-state index is -0.775. The largest absolute Gasteiger partial charge is 0.339 e. The number of nitrogens with one attached hydrogen (secondary N) is 1. The number of hydrogen-bond acceptors (Lipinski definition) is 5. The standard InChI is InChI=1S/C15H14Cl2N4O2/c1-9-19-15(23-21-9)4-2-3-14(22)20-13(8-18)10-5-6-11(16)12(17)7-10/h5-7,13H,2-4H2,1H3,(H,20,22). The number of hydrogen-bond donors (Lipinski definition) is 1. The molecule has 23 heavy (non-hydrogen) atoms. The van der Waals surface area contributed by atoms with Gasteiger partial charge in [-0.05, 0) is 31.0 Å². The Balaban J connectivity index is 1.87. The van der Waals surface area contributed by atoms with Gasteiger partial charge in [0.2, 0.25) is 11.8 Å². The molecule has 0 radical (unpaired) electrons. The molecule has 0 fully saturated rings. The van der Waals surface area contributed by atoms with Gasteiger partial charge in [-0.15, -0.1) is 0 Å². The minimum Gasteiger partial charge on any atom is -0.339 e. The van der Waals surface area contributed by atoms with E-state index in [0.29, 0.717) is 40.2 Å². The summed E-state index contributed by atoms with van der Waals surface area (Å²) in [5, 5.41) is 16.3. The van der Waals surface area contributed by atoms with Crippen LogP contribution in [0.5, 0.6) is 0 Å². The summed E-state index contributed by atoms with van der Waals surface area (Å²) < 4.78 is 4.97. The van der Waals surface area contributed by atoms with Crippen LogP contribution in [0, 0.1) is 18.3 Å². The van der Waals surface area contributed by atoms with Crippen LogP contribution in [0.1, 0.15) is 36.2 Å². The Morgan fingerprint density at radius 3 is 2.83 bits per heavy atom. The monoisotopic (exact) mass is 352 g/mol. The van der Waals surface area contributed by atoms with E-state index < -0.39 is 6.04 Å². The number of aryl methyl sites for hydroxylation is 2. The molecule has 0 bridgehead atoms. The molecule has 6 nitrogen and oxygen atoms in total. The number of carbonyl (C=O) groups is 1. The predicted octanol–water partition coefficient (Wildman–Crippen LogP) is 3.39. The molecule has 1 amide bonds. The highest BCUT2D eigenvalue weighted by Gasteiger charge is 2.15. The van der Waals surface area contributed by atoms with Crippen LogP contribution in [0.25, 0.3) is 0 Å². The van der Waals surface area contributed by atoms with E-state index in [-0.39, 0.29) is 12.3 Å². The van der Waals surface area contributed by atoms with Crippen molar-refractivity contribution in [2.45, 2.75) is 32.2 Å². The first-order valence-corrected chi connectivity index (χ1v) is 7.68. The van der Waals surface area contributed by atoms with E-state index in [9.17, 15) is 10.1 Å². The molecule has 8 heteroatoms. The van der Waals surface area contributed by atoms with E-state index in [1.54, 1.807) is 25.1 Å². The summed E-state index contributed by atoms with van der Waals surface area (Å²) in [5.74, 6) is 0.823. The van der Waals surface area contributed by atoms with Crippen LogP contribution in [0.4, 0.5) is 0 Å². The van der Waals surface area contributed by atoms with Crippen molar-refractivity contribution in [2.75, 3.05) is 0 Å². The van der Waals surface area contributed by atoms with Gasteiger partial charge >= 0.3 is 0 Å². The van der Waals surface area contributed by atoms with Crippen molar-refractivity contribution >= 4 is 29.1 Å². The number of halogens is 2. The fraction of sp³-hybridized carbons (Fsp3) is 0.333. The number of rotatable bonds is 6. The molecule has 120 valence electrons. The van der Waals surface area contributed by atoms with Crippen LogP contribution in [0.15, 0.2) is 22.7 Å². The molecule has 1 N–H and O–H groups in total. The van der Waals surface area contributed by atoms with E-state index in [1.165, 1.54) is 0 Å². The van der Waals surface area contributed by atoms with Gasteiger partial charge in [0, 0.05) is 12.8 Å². The first-order valence-electron chi connectivity index (χ1n) is 6.92. The van der Waals surface area contributed by atoms with Gasteiger partial charge in [0.15, 0.2) is 5.82 Å². The lowest BCUT2D eigenvalue weighted by molar-refractivity contribution is -0.121. The van der Waals surface area contributed by atoms with Gasteiger partial charge in [0.05, 0.1) is 16.1 Å². The lowest BCUT2D eigenvalue weighted by Crippen LogP contribution is -2.27. The Morgan fingerprint density at radius 2 is 2.22 bits per heavy atom. The minimum absolute atomic E-state index is 0.237. The summed E-state index contributed by atoms with van der Waals surface area (Å²) in [4.78, 5) is 16.0. The second-order valence-electron chi connectivity index (χ2n) is 4.89. The smallest absolute Gasteiger partial charge is 0.226 e. The summed E-state index contributed by atoms with van der Waals surface area (Å²) in [6, 6.07) is 6.07. The topological polar surface area (TPSA) is 91.8 Å². The highest BCUT2D eigenvalue weighted by atomic mass is 35.5. The van der Waals surface area contributed by atoms with Crippen LogP contribution in [0.2, 0.25) is 10.0 Å². The van der Waals surface area contributed by atoms with Crippen molar-refractivity contribution in [3.05, 3.63) is 45.5 Å². The quantitative estimate of drug-likeness (QED) is 0.859. The van der Waals surface area contributed by atoms with Crippen LogP contribution >= 0.6 is 23.2 Å². The number of nitrogens with zero attached hydrogens (tertiary/aromatic N) is 3. The van der Waals surface area contributed by atoms with E-state index in [1.807, 2.05) is 6.07 Å². The summed E-state index contributed by atoms with van der Waals surface area (Å²) in [6.07, 6.45) is 1.31. The third-order valence-electron chi connectivity index (χ3n) is 3.08. The Morgan fingerprint density at radius 1 is 1.43 bits per heavy atom. The molecule has 2 rings (SSSR count). The Labute approximate surface area is 143 Å². The SMILES string of the molecule is Cc1noc(CCCC(=O)NC(C#N)c2ccc(Cl)c(Cl)c2)n1. The van der Waals surface area contributed by atoms with Crippen LogP contribution < -0.4 is 5.32 Å². The molecule has 0 aliphatic heterocycles. The van der Waals surface area contributed by atoms with Gasteiger partial charge in [-0.3, -0.25) is 4.79 Å². The zero-order valence-corrected chi connectivity index (χ0v) is 13.9. The molecule has 1 atom stereocenters. The molecule has 1 aromatic heterocycles. The zero-order chi connectivity index (χ0) is 16.8. The first-order chi connectivity index (χ1) is 11.0. The number of nitriles is 1. The van der Waals surface area contributed by atoms with Crippen molar-refractivity contribution in [1.29, 1.82) is 5.26 Å². The molecule has 0 aliphatic rings. The molecular weight excluding hydrogens is 339 g/mol. The van der Waals surface area contributed by atoms with E-state index in [4.69, 9.17) is 27.7 Å². The first kappa shape index (κ1) is 17.3. The van der Waals surface area contributed by atoms with Crippen LogP contribution in [-0.4, -0.2) is 16.0 Å². The lowest BCUT2D eigenvalue weighted by atomic mass is 10.1. The molecule has 1 unspecified atom stereocenters. The number of carbonyl (C=O) groups excluding carboxylic acids is 1. The maximum absolute atomic E-state index is 11.9. The Bertz CT molecular complexity index is 739. The normalized spacial score (nSPS) is 11.7. The molecule has 0 saturated carbocycles. The predicted molar refractivity (Wildman–Crippen MR) is 84.9 cm³/mol. The summed E-state index contributed by atoms with van der Waals surface area (Å²) in [7, 11) is 0. The van der Waals surface area contributed by atoms with Crippen molar-refractivity contribution in [1.82, 2.24) is 15.5 Å². The summed E-state index contributed by atoms with van der Waals surface area (Å²) >= 11 is 11.8. The third-order valence-corrected chi connectivity index (χ3v) is 3.81. The Hall–Kier alpha value is -2.10. The molecule has 0 spiro atoms. The van der Waals surface area contributed by atoms with Gasteiger partial charge < -0.3 is 9.84 Å². The zero-order valence-electron chi connectivity index (χ0n) is 12.3. The van der Waals surface area contributed by atoms with Gasteiger partial charge in [0.1, 0.15) is 6.04 Å². The van der Waals surface area contributed by atoms with Crippen LogP contribution in [0.3, 0.4) is 0 Å². The third kappa shape index (κ3) is 4.95. The van der Waals surface area contributed by atoms with Crippen LogP contribution in [-0.2, 0) is 11.2 Å². The lowest BCUT2D eigenvalue weighted by Gasteiger charge is -2.12. The van der Waals surface area contributed by atoms with E-state index in [0.717, 1.165) is 0 Å². The fourth-order valence-electron chi connectivity index (χ4n) is 1.96. The second kappa shape index (κ2) is 7.95. The van der Waals surface area contributed by atoms with Crippen molar-refractivity contribution in [3.8, 4) is 6.07 Å². The van der Waals surface area contributed by atoms with Gasteiger partial charge in [-0.1, -0.05) is 34.4 Å². The van der Waals surface area contributed by atoms with Crippen molar-refractivity contribution in [2.24, 2.45) is 0 Å². The Kier molecular flexibility index (Phi) is 5.97. The average Bonchev–Trinajstić information content (AvgIpc) is 2.93. The number of amides is 1. The second-order valence-corrected chi connectivity index (χ2v) is 5.71. The van der Waals surface area contributed by atoms with Crippen molar-refractivity contribution < 1.29 is 9.32 Å². The highest BCUT2D eigenvalue weighted by molar-refractivity contribution is 6.42. The fourth-order valence-corrected chi connectivity index (χ4v) is 2.26. The average molecular weight is 353 g/mol. The summed E-state index contributed by atoms with van der Waals surface area (Å²) in [6.45, 7) is 1.73. The van der Waals surface area contributed by atoms with E-state index in [2.05, 4.69) is 15.5 Å². The van der Waals surface area contributed by atoms with E-state index >= 15 is 0 Å². The number of benzene rings is 1. The maximum Gasteiger partial charge on any atom is 0.226 e. The molecule has 0 saturated heterocycles. The number of aromatic nitrogens is 2. The highest BCUT2D eigenvalue weighted by Crippen LogP contribution is 2.25. The molecule has 2 aromatic rings. The maximum atomic E-state index is 11.9. The molecular formula is C15H14Cl2N4O2. The molecule has 1 aromatic carbocycles.